The van der Waals surface area contributed by atoms with E-state index in [1.807, 2.05) is 26.0 Å². The van der Waals surface area contributed by atoms with Crippen molar-refractivity contribution in [2.24, 2.45) is 5.92 Å². The molecule has 4 nitrogen and oxygen atoms in total. The summed E-state index contributed by atoms with van der Waals surface area (Å²) in [6.07, 6.45) is 0.795. The lowest BCUT2D eigenvalue weighted by Crippen LogP contribution is -2.49. The summed E-state index contributed by atoms with van der Waals surface area (Å²) in [6, 6.07) is 7.66. The van der Waals surface area contributed by atoms with E-state index < -0.39 is 6.04 Å². The maximum atomic E-state index is 12.1. The van der Waals surface area contributed by atoms with Crippen LogP contribution >= 0.6 is 0 Å². The SMILES string of the molecule is CC(=O)NC(C(=O)NCCc1ccccc1C)C(C)C. The third-order valence-corrected chi connectivity index (χ3v) is 3.26. The smallest absolute Gasteiger partial charge is 0.242 e. The van der Waals surface area contributed by atoms with Crippen LogP contribution in [0.2, 0.25) is 0 Å². The van der Waals surface area contributed by atoms with Crippen LogP contribution in [-0.4, -0.2) is 24.4 Å². The molecule has 1 unspecified atom stereocenters. The Morgan fingerprint density at radius 1 is 1.20 bits per heavy atom. The van der Waals surface area contributed by atoms with E-state index in [1.165, 1.54) is 18.1 Å². The van der Waals surface area contributed by atoms with E-state index in [1.54, 1.807) is 0 Å². The Labute approximate surface area is 121 Å². The van der Waals surface area contributed by atoms with Crippen molar-refractivity contribution in [3.8, 4) is 0 Å². The van der Waals surface area contributed by atoms with E-state index in [2.05, 4.69) is 29.7 Å². The fraction of sp³-hybridized carbons (Fsp3) is 0.500. The Morgan fingerprint density at radius 3 is 2.40 bits per heavy atom. The molecular weight excluding hydrogens is 252 g/mol. The molecule has 0 spiro atoms. The molecule has 110 valence electrons. The van der Waals surface area contributed by atoms with Gasteiger partial charge in [0.1, 0.15) is 6.04 Å². The fourth-order valence-corrected chi connectivity index (χ4v) is 2.07. The largest absolute Gasteiger partial charge is 0.354 e. The van der Waals surface area contributed by atoms with Gasteiger partial charge >= 0.3 is 0 Å². The first-order chi connectivity index (χ1) is 9.41. The van der Waals surface area contributed by atoms with E-state index in [0.717, 1.165) is 6.42 Å². The highest BCUT2D eigenvalue weighted by atomic mass is 16.2. The van der Waals surface area contributed by atoms with Crippen LogP contribution in [0, 0.1) is 12.8 Å². The Bertz CT molecular complexity index is 469. The van der Waals surface area contributed by atoms with Gasteiger partial charge in [-0.15, -0.1) is 0 Å². The second kappa shape index (κ2) is 7.68. The summed E-state index contributed by atoms with van der Waals surface area (Å²) in [7, 11) is 0. The fourth-order valence-electron chi connectivity index (χ4n) is 2.07. The van der Waals surface area contributed by atoms with Gasteiger partial charge in [-0.2, -0.15) is 0 Å². The zero-order chi connectivity index (χ0) is 15.1. The van der Waals surface area contributed by atoms with Crippen molar-refractivity contribution in [3.63, 3.8) is 0 Å². The minimum Gasteiger partial charge on any atom is -0.354 e. The molecule has 1 atom stereocenters. The van der Waals surface area contributed by atoms with Crippen LogP contribution in [-0.2, 0) is 16.0 Å². The Balaban J connectivity index is 2.49. The highest BCUT2D eigenvalue weighted by Crippen LogP contribution is 2.07. The molecule has 0 saturated carbocycles. The molecule has 0 heterocycles. The molecule has 1 rings (SSSR count). The first kappa shape index (κ1) is 16.2. The summed E-state index contributed by atoms with van der Waals surface area (Å²) in [6.45, 7) is 7.90. The minimum atomic E-state index is -0.468. The van der Waals surface area contributed by atoms with Crippen LogP contribution in [0.5, 0.6) is 0 Å². The number of carbonyl (C=O) groups is 2. The molecule has 4 heteroatoms. The standard InChI is InChI=1S/C16H24N2O2/c1-11(2)15(18-13(4)19)16(20)17-10-9-14-8-6-5-7-12(14)3/h5-8,11,15H,9-10H2,1-4H3,(H,17,20)(H,18,19). The molecule has 1 aromatic rings. The average molecular weight is 276 g/mol. The van der Waals surface area contributed by atoms with Crippen LogP contribution < -0.4 is 10.6 Å². The van der Waals surface area contributed by atoms with E-state index >= 15 is 0 Å². The number of hydrogen-bond acceptors (Lipinski definition) is 2. The van der Waals surface area contributed by atoms with Gasteiger partial charge in [0.2, 0.25) is 11.8 Å². The van der Waals surface area contributed by atoms with Gasteiger partial charge in [0, 0.05) is 13.5 Å². The summed E-state index contributed by atoms with van der Waals surface area (Å²) in [5.41, 5.74) is 2.46. The highest BCUT2D eigenvalue weighted by Gasteiger charge is 2.22. The van der Waals surface area contributed by atoms with Gasteiger partial charge in [-0.1, -0.05) is 38.1 Å². The number of rotatable bonds is 6. The van der Waals surface area contributed by atoms with Gasteiger partial charge in [-0.25, -0.2) is 0 Å². The predicted molar refractivity (Wildman–Crippen MR) is 80.3 cm³/mol. The van der Waals surface area contributed by atoms with Crippen LogP contribution in [0.25, 0.3) is 0 Å². The van der Waals surface area contributed by atoms with Gasteiger partial charge in [-0.05, 0) is 30.4 Å². The third kappa shape index (κ3) is 5.03. The number of amides is 2. The first-order valence-electron chi connectivity index (χ1n) is 7.01. The number of aryl methyl sites for hydroxylation is 1. The predicted octanol–water partition coefficient (Wildman–Crippen LogP) is 1.81. The maximum Gasteiger partial charge on any atom is 0.242 e. The molecule has 0 aliphatic carbocycles. The van der Waals surface area contributed by atoms with Gasteiger partial charge in [0.05, 0.1) is 0 Å². The van der Waals surface area contributed by atoms with Crippen LogP contribution in [0.4, 0.5) is 0 Å². The average Bonchev–Trinajstić information content (AvgIpc) is 2.37. The normalized spacial score (nSPS) is 12.1. The molecule has 0 aliphatic heterocycles. The zero-order valence-corrected chi connectivity index (χ0v) is 12.7. The van der Waals surface area contributed by atoms with Gasteiger partial charge < -0.3 is 10.6 Å². The maximum absolute atomic E-state index is 12.1. The van der Waals surface area contributed by atoms with E-state index in [4.69, 9.17) is 0 Å². The third-order valence-electron chi connectivity index (χ3n) is 3.26. The van der Waals surface area contributed by atoms with Crippen LogP contribution in [0.3, 0.4) is 0 Å². The number of benzene rings is 1. The summed E-state index contributed by atoms with van der Waals surface area (Å²) in [5, 5.41) is 5.58. The van der Waals surface area contributed by atoms with E-state index in [0.29, 0.717) is 6.54 Å². The van der Waals surface area contributed by atoms with Crippen LogP contribution in [0.1, 0.15) is 31.9 Å². The molecule has 0 bridgehead atoms. The van der Waals surface area contributed by atoms with E-state index in [9.17, 15) is 9.59 Å². The number of carbonyl (C=O) groups excluding carboxylic acids is 2. The lowest BCUT2D eigenvalue weighted by Gasteiger charge is -2.21. The Morgan fingerprint density at radius 2 is 1.85 bits per heavy atom. The van der Waals surface area contributed by atoms with Crippen LogP contribution in [0.15, 0.2) is 24.3 Å². The Hall–Kier alpha value is -1.84. The second-order valence-electron chi connectivity index (χ2n) is 5.39. The molecule has 0 radical (unpaired) electrons. The summed E-state index contributed by atoms with van der Waals surface area (Å²) in [5.74, 6) is -0.237. The van der Waals surface area contributed by atoms with Crippen molar-refractivity contribution < 1.29 is 9.59 Å². The highest BCUT2D eigenvalue weighted by molar-refractivity contribution is 5.87. The molecule has 20 heavy (non-hydrogen) atoms. The molecule has 1 aromatic carbocycles. The zero-order valence-electron chi connectivity index (χ0n) is 12.7. The van der Waals surface area contributed by atoms with Crippen molar-refractivity contribution in [1.82, 2.24) is 10.6 Å². The Kier molecular flexibility index (Phi) is 6.22. The van der Waals surface area contributed by atoms with Crippen molar-refractivity contribution >= 4 is 11.8 Å². The lowest BCUT2D eigenvalue weighted by molar-refractivity contribution is -0.129. The summed E-state index contributed by atoms with van der Waals surface area (Å²) in [4.78, 5) is 23.2. The van der Waals surface area contributed by atoms with Crippen molar-refractivity contribution in [2.75, 3.05) is 6.54 Å². The quantitative estimate of drug-likeness (QED) is 0.832. The molecule has 0 aliphatic rings. The van der Waals surface area contributed by atoms with Crippen molar-refractivity contribution in [3.05, 3.63) is 35.4 Å². The van der Waals surface area contributed by atoms with E-state index in [-0.39, 0.29) is 17.7 Å². The van der Waals surface area contributed by atoms with Crippen molar-refractivity contribution in [2.45, 2.75) is 40.2 Å². The van der Waals surface area contributed by atoms with Gasteiger partial charge in [0.15, 0.2) is 0 Å². The molecule has 0 saturated heterocycles. The molecule has 0 fully saturated rings. The first-order valence-corrected chi connectivity index (χ1v) is 7.01. The second-order valence-corrected chi connectivity index (χ2v) is 5.39. The number of nitrogens with one attached hydrogen (secondary N) is 2. The molecular formula is C16H24N2O2. The lowest BCUT2D eigenvalue weighted by atomic mass is 10.0. The van der Waals surface area contributed by atoms with Gasteiger partial charge in [0.25, 0.3) is 0 Å². The summed E-state index contributed by atoms with van der Waals surface area (Å²) < 4.78 is 0. The molecule has 2 amide bonds. The molecule has 0 aromatic heterocycles. The monoisotopic (exact) mass is 276 g/mol. The minimum absolute atomic E-state index is 0.0670. The van der Waals surface area contributed by atoms with Gasteiger partial charge in [-0.3, -0.25) is 9.59 Å². The molecule has 2 N–H and O–H groups in total. The number of hydrogen-bond donors (Lipinski definition) is 2. The van der Waals surface area contributed by atoms with Crippen molar-refractivity contribution in [1.29, 1.82) is 0 Å². The summed E-state index contributed by atoms with van der Waals surface area (Å²) >= 11 is 0. The topological polar surface area (TPSA) is 58.2 Å².